The zero-order chi connectivity index (χ0) is 16.4. The van der Waals surface area contributed by atoms with E-state index < -0.39 is 0 Å². The van der Waals surface area contributed by atoms with Crippen molar-refractivity contribution in [1.29, 1.82) is 0 Å². The molecule has 3 aromatic rings. The van der Waals surface area contributed by atoms with E-state index in [-0.39, 0.29) is 11.0 Å². The molecule has 1 atom stereocenters. The van der Waals surface area contributed by atoms with E-state index in [0.29, 0.717) is 11.7 Å². The molecule has 0 fully saturated rings. The van der Waals surface area contributed by atoms with Crippen LogP contribution in [-0.4, -0.2) is 31.2 Å². The Kier molecular flexibility index (Phi) is 4.44. The second kappa shape index (κ2) is 6.86. The molecule has 0 saturated heterocycles. The summed E-state index contributed by atoms with van der Waals surface area (Å²) in [6, 6.07) is 12.0. The number of ketones is 1. The van der Waals surface area contributed by atoms with Crippen LogP contribution in [-0.2, 0) is 13.0 Å². The van der Waals surface area contributed by atoms with Gasteiger partial charge in [-0.1, -0.05) is 42.1 Å². The summed E-state index contributed by atoms with van der Waals surface area (Å²) in [5.74, 6) is 0.193. The van der Waals surface area contributed by atoms with Gasteiger partial charge in [-0.3, -0.25) is 4.79 Å². The first kappa shape index (κ1) is 15.5. The van der Waals surface area contributed by atoms with Crippen LogP contribution in [0.5, 0.6) is 0 Å². The van der Waals surface area contributed by atoms with E-state index in [9.17, 15) is 4.79 Å². The Labute approximate surface area is 148 Å². The van der Waals surface area contributed by atoms with Crippen molar-refractivity contribution in [3.8, 4) is 0 Å². The fourth-order valence-electron chi connectivity index (χ4n) is 2.93. The number of fused-ring (bicyclic) bond motifs is 1. The van der Waals surface area contributed by atoms with Gasteiger partial charge in [-0.25, -0.2) is 4.68 Å². The van der Waals surface area contributed by atoms with Crippen molar-refractivity contribution in [3.05, 3.63) is 57.8 Å². The van der Waals surface area contributed by atoms with E-state index >= 15 is 0 Å². The first-order valence-electron chi connectivity index (χ1n) is 7.88. The second-order valence-electron chi connectivity index (χ2n) is 5.72. The van der Waals surface area contributed by atoms with Gasteiger partial charge in [0.15, 0.2) is 5.78 Å². The molecule has 4 rings (SSSR count). The second-order valence-corrected chi connectivity index (χ2v) is 7.92. The molecule has 7 heteroatoms. The number of thiophene rings is 1. The maximum Gasteiger partial charge on any atom is 0.210 e. The third-order valence-electron chi connectivity index (χ3n) is 4.12. The molecule has 122 valence electrons. The molecule has 0 saturated carbocycles. The lowest BCUT2D eigenvalue weighted by Gasteiger charge is -2.12. The molecule has 0 spiro atoms. The highest BCUT2D eigenvalue weighted by atomic mass is 32.2. The Morgan fingerprint density at radius 1 is 1.25 bits per heavy atom. The number of benzene rings is 1. The van der Waals surface area contributed by atoms with Gasteiger partial charge in [0.1, 0.15) is 0 Å². The number of aryl methyl sites for hydroxylation is 1. The molecule has 24 heavy (non-hydrogen) atoms. The van der Waals surface area contributed by atoms with Crippen LogP contribution in [0.3, 0.4) is 0 Å². The predicted molar refractivity (Wildman–Crippen MR) is 94.6 cm³/mol. The van der Waals surface area contributed by atoms with Crippen molar-refractivity contribution in [2.45, 2.75) is 36.2 Å². The summed E-state index contributed by atoms with van der Waals surface area (Å²) in [6.45, 7) is 0.643. The lowest BCUT2D eigenvalue weighted by molar-refractivity contribution is 0.0988. The summed E-state index contributed by atoms with van der Waals surface area (Å²) in [6.07, 6.45) is 2.82. The minimum Gasteiger partial charge on any atom is -0.293 e. The molecule has 2 aromatic heterocycles. The van der Waals surface area contributed by atoms with Crippen molar-refractivity contribution in [2.24, 2.45) is 0 Å². The zero-order valence-corrected chi connectivity index (χ0v) is 14.6. The number of carbonyl (C=O) groups excluding carboxylic acids is 1. The topological polar surface area (TPSA) is 60.7 Å². The lowest BCUT2D eigenvalue weighted by atomic mass is 10.0. The largest absolute Gasteiger partial charge is 0.293 e. The van der Waals surface area contributed by atoms with Gasteiger partial charge < -0.3 is 0 Å². The zero-order valence-electron chi connectivity index (χ0n) is 13.0. The highest BCUT2D eigenvalue weighted by molar-refractivity contribution is 8.00. The summed E-state index contributed by atoms with van der Waals surface area (Å²) < 4.78 is 1.78. The molecule has 0 amide bonds. The molecule has 1 unspecified atom stereocenters. The fourth-order valence-corrected chi connectivity index (χ4v) is 4.70. The minimum atomic E-state index is -0.123. The standard InChI is InChI=1S/C17H16N4OS2/c22-16-14-8-2-1-5-12(14)6-3-9-15(16)24-17-18-19-20-21(17)11-13-7-4-10-23-13/h1-2,4-5,7-8,10,15H,3,6,9,11H2. The van der Waals surface area contributed by atoms with Crippen LogP contribution in [0, 0.1) is 0 Å². The van der Waals surface area contributed by atoms with E-state index in [4.69, 9.17) is 0 Å². The van der Waals surface area contributed by atoms with E-state index in [1.54, 1.807) is 16.0 Å². The van der Waals surface area contributed by atoms with Gasteiger partial charge >= 0.3 is 0 Å². The number of carbonyl (C=O) groups is 1. The number of nitrogens with zero attached hydrogens (tertiary/aromatic N) is 4. The molecular weight excluding hydrogens is 340 g/mol. The summed E-state index contributed by atoms with van der Waals surface area (Å²) >= 11 is 3.16. The Balaban J connectivity index is 1.55. The molecule has 1 aliphatic carbocycles. The lowest BCUT2D eigenvalue weighted by Crippen LogP contribution is -2.17. The van der Waals surface area contributed by atoms with Gasteiger partial charge in [-0.2, -0.15) is 0 Å². The normalized spacial score (nSPS) is 17.5. The molecule has 0 N–H and O–H groups in total. The maximum atomic E-state index is 12.9. The summed E-state index contributed by atoms with van der Waals surface area (Å²) in [5, 5.41) is 14.6. The smallest absolute Gasteiger partial charge is 0.210 e. The van der Waals surface area contributed by atoms with Crippen molar-refractivity contribution in [3.63, 3.8) is 0 Å². The molecule has 1 aliphatic rings. The predicted octanol–water partition coefficient (Wildman–Crippen LogP) is 3.46. The average molecular weight is 356 g/mol. The Hall–Kier alpha value is -1.99. The van der Waals surface area contributed by atoms with Crippen LogP contribution >= 0.6 is 23.1 Å². The number of hydrogen-bond acceptors (Lipinski definition) is 6. The van der Waals surface area contributed by atoms with E-state index in [1.807, 2.05) is 29.6 Å². The Morgan fingerprint density at radius 3 is 3.04 bits per heavy atom. The van der Waals surface area contributed by atoms with Crippen LogP contribution in [0.4, 0.5) is 0 Å². The van der Waals surface area contributed by atoms with Crippen molar-refractivity contribution < 1.29 is 4.79 Å². The number of aromatic nitrogens is 4. The molecule has 2 heterocycles. The third-order valence-corrected chi connectivity index (χ3v) is 6.22. The number of rotatable bonds is 4. The molecule has 0 aliphatic heterocycles. The first-order chi connectivity index (χ1) is 11.8. The van der Waals surface area contributed by atoms with E-state index in [2.05, 4.69) is 27.7 Å². The Morgan fingerprint density at radius 2 is 2.17 bits per heavy atom. The maximum absolute atomic E-state index is 12.9. The van der Waals surface area contributed by atoms with E-state index in [0.717, 1.165) is 30.4 Å². The average Bonchev–Trinajstić information content (AvgIpc) is 3.23. The third kappa shape index (κ3) is 3.14. The summed E-state index contributed by atoms with van der Waals surface area (Å²) in [4.78, 5) is 14.1. The molecule has 0 radical (unpaired) electrons. The van der Waals surface area contributed by atoms with Gasteiger partial charge in [0, 0.05) is 10.4 Å². The molecular formula is C17H16N4OS2. The highest BCUT2D eigenvalue weighted by Crippen LogP contribution is 2.31. The Bertz CT molecular complexity index is 844. The van der Waals surface area contributed by atoms with Crippen molar-refractivity contribution in [1.82, 2.24) is 20.2 Å². The summed E-state index contributed by atoms with van der Waals surface area (Å²) in [7, 11) is 0. The van der Waals surface area contributed by atoms with Crippen LogP contribution in [0.15, 0.2) is 46.9 Å². The van der Waals surface area contributed by atoms with Gasteiger partial charge in [0.05, 0.1) is 11.8 Å². The monoisotopic (exact) mass is 356 g/mol. The van der Waals surface area contributed by atoms with Gasteiger partial charge in [0.25, 0.3) is 0 Å². The highest BCUT2D eigenvalue weighted by Gasteiger charge is 2.28. The van der Waals surface area contributed by atoms with Crippen LogP contribution in [0.2, 0.25) is 0 Å². The van der Waals surface area contributed by atoms with Crippen LogP contribution in [0.25, 0.3) is 0 Å². The van der Waals surface area contributed by atoms with Gasteiger partial charge in [0.2, 0.25) is 5.16 Å². The van der Waals surface area contributed by atoms with Crippen molar-refractivity contribution in [2.75, 3.05) is 0 Å². The van der Waals surface area contributed by atoms with Crippen molar-refractivity contribution >= 4 is 28.9 Å². The molecule has 5 nitrogen and oxygen atoms in total. The number of hydrogen-bond donors (Lipinski definition) is 0. The number of tetrazole rings is 1. The van der Waals surface area contributed by atoms with Gasteiger partial charge in [-0.15, -0.1) is 16.4 Å². The SMILES string of the molecule is O=C1c2ccccc2CCCC1Sc1nnnn1Cc1cccs1. The molecule has 1 aromatic carbocycles. The quantitative estimate of drug-likeness (QED) is 0.670. The van der Waals surface area contributed by atoms with Gasteiger partial charge in [-0.05, 0) is 46.7 Å². The van der Waals surface area contributed by atoms with Crippen LogP contribution in [0.1, 0.15) is 33.6 Å². The number of Topliss-reactive ketones (excluding diaryl/α,β-unsaturated/α-hetero) is 1. The summed E-state index contributed by atoms with van der Waals surface area (Å²) in [5.41, 5.74) is 2.01. The first-order valence-corrected chi connectivity index (χ1v) is 9.64. The van der Waals surface area contributed by atoms with E-state index in [1.165, 1.54) is 16.6 Å². The minimum absolute atomic E-state index is 0.123. The molecule has 0 bridgehead atoms. The number of thioether (sulfide) groups is 1. The fraction of sp³-hybridized carbons (Fsp3) is 0.294. The van der Waals surface area contributed by atoms with Crippen LogP contribution < -0.4 is 0 Å².